The molecule has 2 aliphatic rings. The number of aryl methyl sites for hydroxylation is 1. The van der Waals surface area contributed by atoms with Crippen LogP contribution in [0.2, 0.25) is 0 Å². The number of aromatic nitrogens is 3. The van der Waals surface area contributed by atoms with Gasteiger partial charge < -0.3 is 4.90 Å². The van der Waals surface area contributed by atoms with Crippen LogP contribution in [0.3, 0.4) is 0 Å². The smallest absolute Gasteiger partial charge is 0.225 e. The molecule has 2 fully saturated rings. The van der Waals surface area contributed by atoms with Crippen LogP contribution in [-0.2, 0) is 18.0 Å². The average Bonchev–Trinajstić information content (AvgIpc) is 2.97. The minimum atomic E-state index is 0.185. The lowest BCUT2D eigenvalue weighted by Crippen LogP contribution is -2.43. The predicted octanol–water partition coefficient (Wildman–Crippen LogP) is 3.84. The molecule has 0 saturated carbocycles. The summed E-state index contributed by atoms with van der Waals surface area (Å²) in [6, 6.07) is 10.4. The monoisotopic (exact) mass is 427 g/mol. The lowest BCUT2D eigenvalue weighted by atomic mass is 9.95. The van der Waals surface area contributed by atoms with E-state index < -0.39 is 0 Å². The van der Waals surface area contributed by atoms with Gasteiger partial charge in [-0.2, -0.15) is 5.10 Å². The number of carbonyl (C=O) groups excluding carboxylic acids is 1. The summed E-state index contributed by atoms with van der Waals surface area (Å²) in [5, 5.41) is 4.70. The molecule has 2 saturated heterocycles. The zero-order chi connectivity index (χ0) is 20.9. The summed E-state index contributed by atoms with van der Waals surface area (Å²) in [4.78, 5) is 17.4. The fourth-order valence-electron chi connectivity index (χ4n) is 4.65. The second-order valence-corrected chi connectivity index (χ2v) is 9.04. The molecule has 6 nitrogen and oxygen atoms in total. The number of amides is 1. The Hall–Kier alpha value is -1.99. The van der Waals surface area contributed by atoms with Gasteiger partial charge in [-0.1, -0.05) is 43.2 Å². The van der Waals surface area contributed by atoms with Gasteiger partial charge in [0.25, 0.3) is 0 Å². The zero-order valence-electron chi connectivity index (χ0n) is 18.0. The molecule has 7 heteroatoms. The summed E-state index contributed by atoms with van der Waals surface area (Å²) < 4.78 is 4.80. The van der Waals surface area contributed by atoms with Gasteiger partial charge in [-0.3, -0.25) is 14.3 Å². The Morgan fingerprint density at radius 1 is 1.03 bits per heavy atom. The third kappa shape index (κ3) is 5.01. The van der Waals surface area contributed by atoms with Crippen LogP contribution in [0.5, 0.6) is 0 Å². The van der Waals surface area contributed by atoms with Crippen molar-refractivity contribution >= 4 is 18.1 Å². The van der Waals surface area contributed by atoms with E-state index in [4.69, 9.17) is 17.3 Å². The molecule has 162 valence electrons. The molecule has 0 atom stereocenters. The van der Waals surface area contributed by atoms with Crippen LogP contribution in [0.15, 0.2) is 30.3 Å². The summed E-state index contributed by atoms with van der Waals surface area (Å²) in [5.74, 6) is 1.51. The van der Waals surface area contributed by atoms with Crippen molar-refractivity contribution in [2.24, 2.45) is 5.92 Å². The van der Waals surface area contributed by atoms with Crippen LogP contribution in [0, 0.1) is 17.6 Å². The molecular weight excluding hydrogens is 394 g/mol. The maximum Gasteiger partial charge on any atom is 0.225 e. The van der Waals surface area contributed by atoms with Gasteiger partial charge in [-0.15, -0.1) is 0 Å². The van der Waals surface area contributed by atoms with E-state index >= 15 is 0 Å². The van der Waals surface area contributed by atoms with Crippen LogP contribution in [-0.4, -0.2) is 56.2 Å². The molecule has 1 aromatic heterocycles. The highest BCUT2D eigenvalue weighted by atomic mass is 32.1. The molecule has 2 aromatic rings. The number of carbonyl (C=O) groups is 1. The second-order valence-electron chi connectivity index (χ2n) is 8.67. The van der Waals surface area contributed by atoms with Crippen molar-refractivity contribution in [3.63, 3.8) is 0 Å². The van der Waals surface area contributed by atoms with E-state index in [1.54, 1.807) is 0 Å². The number of piperidine rings is 1. The van der Waals surface area contributed by atoms with Gasteiger partial charge in [0.15, 0.2) is 4.77 Å². The quantitative estimate of drug-likeness (QED) is 0.680. The van der Waals surface area contributed by atoms with E-state index in [0.29, 0.717) is 12.6 Å². The Kier molecular flexibility index (Phi) is 7.00. The number of likely N-dealkylation sites (tertiary alicyclic amines) is 2. The van der Waals surface area contributed by atoms with Crippen molar-refractivity contribution in [1.29, 1.82) is 0 Å². The van der Waals surface area contributed by atoms with Crippen LogP contribution >= 0.6 is 12.2 Å². The first-order valence-electron chi connectivity index (χ1n) is 11.3. The van der Waals surface area contributed by atoms with E-state index in [9.17, 15) is 4.79 Å². The maximum absolute atomic E-state index is 12.9. The van der Waals surface area contributed by atoms with Crippen LogP contribution < -0.4 is 0 Å². The van der Waals surface area contributed by atoms with Crippen molar-refractivity contribution in [2.75, 3.05) is 26.2 Å². The van der Waals surface area contributed by atoms with Crippen molar-refractivity contribution < 1.29 is 4.79 Å². The summed E-state index contributed by atoms with van der Waals surface area (Å²) >= 11 is 5.72. The molecule has 0 bridgehead atoms. The Morgan fingerprint density at radius 3 is 2.37 bits per heavy atom. The SMILES string of the molecule is Cc1nn(CN2CCC(C(=O)N3CCCCCC3)CC2)c(=S)n1Cc1ccccc1. The fourth-order valence-corrected chi connectivity index (χ4v) is 4.94. The van der Waals surface area contributed by atoms with Gasteiger partial charge in [0.1, 0.15) is 5.82 Å². The molecule has 30 heavy (non-hydrogen) atoms. The van der Waals surface area contributed by atoms with E-state index in [2.05, 4.69) is 38.6 Å². The molecule has 1 amide bonds. The summed E-state index contributed by atoms with van der Waals surface area (Å²) in [6.07, 6.45) is 6.72. The van der Waals surface area contributed by atoms with Gasteiger partial charge in [-0.25, -0.2) is 4.68 Å². The highest BCUT2D eigenvalue weighted by Gasteiger charge is 2.29. The molecule has 4 rings (SSSR count). The van der Waals surface area contributed by atoms with Crippen LogP contribution in [0.25, 0.3) is 0 Å². The topological polar surface area (TPSA) is 46.3 Å². The Balaban J connectivity index is 1.33. The number of rotatable bonds is 5. The van der Waals surface area contributed by atoms with Gasteiger partial charge in [0, 0.05) is 32.1 Å². The molecular formula is C23H33N5OS. The maximum atomic E-state index is 12.9. The van der Waals surface area contributed by atoms with E-state index in [-0.39, 0.29) is 5.92 Å². The molecule has 0 spiro atoms. The van der Waals surface area contributed by atoms with Gasteiger partial charge >= 0.3 is 0 Å². The molecule has 3 heterocycles. The molecule has 0 N–H and O–H groups in total. The minimum Gasteiger partial charge on any atom is -0.342 e. The summed E-state index contributed by atoms with van der Waals surface area (Å²) in [7, 11) is 0. The molecule has 0 unspecified atom stereocenters. The van der Waals surface area contributed by atoms with Gasteiger partial charge in [0.05, 0.1) is 13.2 Å². The van der Waals surface area contributed by atoms with Crippen LogP contribution in [0.1, 0.15) is 49.9 Å². The summed E-state index contributed by atoms with van der Waals surface area (Å²) in [5.41, 5.74) is 1.23. The first kappa shape index (κ1) is 21.2. The van der Waals surface area contributed by atoms with Gasteiger partial charge in [0.2, 0.25) is 5.91 Å². The highest BCUT2D eigenvalue weighted by molar-refractivity contribution is 7.71. The normalized spacial score (nSPS) is 19.0. The lowest BCUT2D eigenvalue weighted by Gasteiger charge is -2.33. The molecule has 0 aliphatic carbocycles. The van der Waals surface area contributed by atoms with Crippen molar-refractivity contribution in [2.45, 2.75) is 58.7 Å². The van der Waals surface area contributed by atoms with Crippen LogP contribution in [0.4, 0.5) is 0 Å². The van der Waals surface area contributed by atoms with E-state index in [1.807, 2.05) is 17.7 Å². The highest BCUT2D eigenvalue weighted by Crippen LogP contribution is 2.22. The Labute approximate surface area is 184 Å². The van der Waals surface area contributed by atoms with E-state index in [0.717, 1.165) is 69.0 Å². The number of hydrogen-bond donors (Lipinski definition) is 0. The number of nitrogens with zero attached hydrogens (tertiary/aromatic N) is 5. The molecule has 2 aliphatic heterocycles. The molecule has 1 aromatic carbocycles. The largest absolute Gasteiger partial charge is 0.342 e. The number of benzene rings is 1. The first-order valence-corrected chi connectivity index (χ1v) is 11.7. The summed E-state index contributed by atoms with van der Waals surface area (Å²) in [6.45, 7) is 7.22. The first-order chi connectivity index (χ1) is 14.6. The third-order valence-corrected chi connectivity index (χ3v) is 6.91. The lowest BCUT2D eigenvalue weighted by molar-refractivity contribution is -0.137. The van der Waals surface area contributed by atoms with Gasteiger partial charge in [-0.05, 0) is 50.4 Å². The third-order valence-electron chi connectivity index (χ3n) is 6.48. The van der Waals surface area contributed by atoms with Crippen molar-refractivity contribution in [3.05, 3.63) is 46.5 Å². The average molecular weight is 428 g/mol. The van der Waals surface area contributed by atoms with Crippen molar-refractivity contribution in [1.82, 2.24) is 24.1 Å². The Morgan fingerprint density at radius 2 is 1.70 bits per heavy atom. The fraction of sp³-hybridized carbons (Fsp3) is 0.609. The zero-order valence-corrected chi connectivity index (χ0v) is 18.8. The predicted molar refractivity (Wildman–Crippen MR) is 121 cm³/mol. The van der Waals surface area contributed by atoms with E-state index in [1.165, 1.54) is 18.4 Å². The second kappa shape index (κ2) is 9.88. The number of hydrogen-bond acceptors (Lipinski definition) is 4. The molecule has 0 radical (unpaired) electrons. The van der Waals surface area contributed by atoms with Crippen molar-refractivity contribution in [3.8, 4) is 0 Å². The Bertz CT molecular complexity index is 890. The minimum absolute atomic E-state index is 0.185. The standard InChI is InChI=1S/C23H33N5OS/c1-19-24-28(23(30)27(19)17-20-9-5-4-6-10-20)18-25-15-11-21(12-16-25)22(29)26-13-7-2-3-8-14-26/h4-6,9-10,21H,2-3,7-8,11-18H2,1H3.